The Hall–Kier alpha value is -6.44. The zero-order valence-corrected chi connectivity index (χ0v) is 27.3. The molecule has 0 spiro atoms. The molecule has 232 valence electrons. The molecule has 0 saturated heterocycles. The van der Waals surface area contributed by atoms with Crippen LogP contribution >= 0.6 is 0 Å². The molecule has 0 atom stereocenters. The van der Waals surface area contributed by atoms with Crippen molar-refractivity contribution in [3.63, 3.8) is 0 Å². The summed E-state index contributed by atoms with van der Waals surface area (Å²) < 4.78 is 2.44. The molecular formula is C45H32N4. The summed E-state index contributed by atoms with van der Waals surface area (Å²) in [5.41, 5.74) is 12.5. The molecule has 9 rings (SSSR count). The van der Waals surface area contributed by atoms with Crippen molar-refractivity contribution in [1.82, 2.24) is 14.5 Å². The fourth-order valence-electron chi connectivity index (χ4n) is 7.50. The largest absolute Gasteiger partial charge is 0.309 e. The van der Waals surface area contributed by atoms with Crippen LogP contribution in [0, 0.1) is 11.8 Å². The first kappa shape index (κ1) is 28.8. The predicted molar refractivity (Wildman–Crippen MR) is 201 cm³/mol. The van der Waals surface area contributed by atoms with Gasteiger partial charge in [-0.1, -0.05) is 111 Å². The lowest BCUT2D eigenvalue weighted by molar-refractivity contribution is 0.663. The van der Waals surface area contributed by atoms with E-state index < -0.39 is 0 Å². The quantitative estimate of drug-likeness (QED) is 0.182. The van der Waals surface area contributed by atoms with Crippen LogP contribution in [-0.4, -0.2) is 14.5 Å². The molecule has 2 heterocycles. The van der Waals surface area contributed by atoms with Gasteiger partial charge in [0.15, 0.2) is 0 Å². The van der Waals surface area contributed by atoms with Crippen LogP contribution in [0.5, 0.6) is 0 Å². The van der Waals surface area contributed by atoms with E-state index in [1.807, 2.05) is 48.8 Å². The van der Waals surface area contributed by atoms with E-state index in [9.17, 15) is 0 Å². The van der Waals surface area contributed by atoms with Gasteiger partial charge in [0.05, 0.1) is 29.1 Å². The minimum atomic E-state index is -0.237. The second-order valence-corrected chi connectivity index (χ2v) is 13.0. The highest BCUT2D eigenvalue weighted by molar-refractivity contribution is 6.13. The fourth-order valence-corrected chi connectivity index (χ4v) is 7.50. The van der Waals surface area contributed by atoms with Gasteiger partial charge in [0.25, 0.3) is 0 Å². The van der Waals surface area contributed by atoms with Crippen LogP contribution in [0.15, 0.2) is 158 Å². The molecule has 4 heteroatoms. The number of para-hydroxylation sites is 4. The summed E-state index contributed by atoms with van der Waals surface area (Å²) in [6, 6.07) is 51.2. The average Bonchev–Trinajstić information content (AvgIpc) is 3.61. The zero-order valence-electron chi connectivity index (χ0n) is 27.3. The number of fused-ring (bicyclic) bond motifs is 7. The molecule has 1 aliphatic carbocycles. The zero-order chi connectivity index (χ0) is 33.0. The third-order valence-electron chi connectivity index (χ3n) is 9.70. The first-order chi connectivity index (χ1) is 24.1. The molecule has 4 nitrogen and oxygen atoms in total. The fraction of sp³-hybridized carbons (Fsp3) is 0.0667. The standard InChI is InChI=1S/C45H32N4/c1-45(2)40-28-31(23-27-42-46-29-35(30-47-42)48(32-14-6-3-7-15-32)33-16-8-4-9-17-33)22-24-36(40)38-25-26-39-37-20-12-13-21-41(37)49(44(39)43(38)45)34-18-10-5-11-19-34/h3-22,24-26,28-30H,1-2H3. The maximum absolute atomic E-state index is 4.66. The summed E-state index contributed by atoms with van der Waals surface area (Å²) in [6.45, 7) is 4.68. The van der Waals surface area contributed by atoms with Gasteiger partial charge in [-0.05, 0) is 82.8 Å². The van der Waals surface area contributed by atoms with Gasteiger partial charge in [-0.3, -0.25) is 0 Å². The highest BCUT2D eigenvalue weighted by Gasteiger charge is 2.38. The van der Waals surface area contributed by atoms with Gasteiger partial charge in [-0.25, -0.2) is 9.97 Å². The normalized spacial score (nSPS) is 12.7. The number of nitrogens with zero attached hydrogens (tertiary/aromatic N) is 4. The third kappa shape index (κ3) is 4.71. The Morgan fingerprint density at radius 2 is 1.18 bits per heavy atom. The number of rotatable bonds is 4. The molecule has 0 radical (unpaired) electrons. The molecule has 0 bridgehead atoms. The van der Waals surface area contributed by atoms with Crippen molar-refractivity contribution in [3.05, 3.63) is 181 Å². The van der Waals surface area contributed by atoms with Crippen LogP contribution in [0.2, 0.25) is 0 Å². The van der Waals surface area contributed by atoms with Gasteiger partial charge < -0.3 is 9.47 Å². The summed E-state index contributed by atoms with van der Waals surface area (Å²) in [4.78, 5) is 11.5. The number of hydrogen-bond donors (Lipinski definition) is 0. The Labute approximate surface area is 286 Å². The maximum Gasteiger partial charge on any atom is 0.205 e. The van der Waals surface area contributed by atoms with Crippen molar-refractivity contribution in [2.45, 2.75) is 19.3 Å². The Morgan fingerprint density at radius 1 is 0.571 bits per heavy atom. The van der Waals surface area contributed by atoms with Crippen molar-refractivity contribution in [2.75, 3.05) is 4.90 Å². The van der Waals surface area contributed by atoms with Crippen LogP contribution in [0.4, 0.5) is 17.1 Å². The topological polar surface area (TPSA) is 34.0 Å². The molecule has 0 N–H and O–H groups in total. The SMILES string of the molecule is CC1(C)c2cc(C#Cc3ncc(N(c4ccccc4)c4ccccc4)cn3)ccc2-c2ccc3c4ccccc4n(-c4ccccc4)c3c21. The van der Waals surface area contributed by atoms with Gasteiger partial charge in [0.2, 0.25) is 5.82 Å². The minimum Gasteiger partial charge on any atom is -0.309 e. The Kier molecular flexibility index (Phi) is 6.67. The van der Waals surface area contributed by atoms with Crippen LogP contribution in [-0.2, 0) is 5.41 Å². The summed E-state index contributed by atoms with van der Waals surface area (Å²) in [7, 11) is 0. The van der Waals surface area contributed by atoms with Gasteiger partial charge >= 0.3 is 0 Å². The predicted octanol–water partition coefficient (Wildman–Crippen LogP) is 10.7. The van der Waals surface area contributed by atoms with Crippen molar-refractivity contribution < 1.29 is 0 Å². The summed E-state index contributed by atoms with van der Waals surface area (Å²) in [5.74, 6) is 7.09. The summed E-state index contributed by atoms with van der Waals surface area (Å²) >= 11 is 0. The highest BCUT2D eigenvalue weighted by Crippen LogP contribution is 2.53. The van der Waals surface area contributed by atoms with Crippen LogP contribution in [0.3, 0.4) is 0 Å². The summed E-state index contributed by atoms with van der Waals surface area (Å²) in [5, 5.41) is 2.54. The van der Waals surface area contributed by atoms with Gasteiger partial charge in [0.1, 0.15) is 0 Å². The van der Waals surface area contributed by atoms with Crippen molar-refractivity contribution in [3.8, 4) is 28.7 Å². The molecule has 0 amide bonds. The molecule has 0 unspecified atom stereocenters. The lowest BCUT2D eigenvalue weighted by atomic mass is 9.81. The maximum atomic E-state index is 4.66. The van der Waals surface area contributed by atoms with E-state index in [1.165, 1.54) is 49.7 Å². The minimum absolute atomic E-state index is 0.237. The van der Waals surface area contributed by atoms with E-state index >= 15 is 0 Å². The van der Waals surface area contributed by atoms with Gasteiger partial charge in [-0.2, -0.15) is 0 Å². The number of anilines is 3. The number of benzene rings is 6. The Balaban J connectivity index is 1.09. The second kappa shape index (κ2) is 11.4. The van der Waals surface area contributed by atoms with E-state index in [0.29, 0.717) is 5.82 Å². The van der Waals surface area contributed by atoms with Crippen molar-refractivity contribution in [2.24, 2.45) is 0 Å². The molecule has 8 aromatic rings. The van der Waals surface area contributed by atoms with E-state index in [-0.39, 0.29) is 5.41 Å². The second-order valence-electron chi connectivity index (χ2n) is 13.0. The monoisotopic (exact) mass is 628 g/mol. The highest BCUT2D eigenvalue weighted by atomic mass is 15.2. The van der Waals surface area contributed by atoms with Crippen LogP contribution in [0.25, 0.3) is 38.6 Å². The molecule has 6 aromatic carbocycles. The van der Waals surface area contributed by atoms with E-state index in [2.05, 4.69) is 154 Å². The summed E-state index contributed by atoms with van der Waals surface area (Å²) in [6.07, 6.45) is 3.69. The Bertz CT molecular complexity index is 2520. The van der Waals surface area contributed by atoms with E-state index in [0.717, 1.165) is 22.6 Å². The lowest BCUT2D eigenvalue weighted by Gasteiger charge is -2.24. The molecular weight excluding hydrogens is 597 g/mol. The molecule has 0 fully saturated rings. The van der Waals surface area contributed by atoms with Gasteiger partial charge in [-0.15, -0.1) is 0 Å². The first-order valence-electron chi connectivity index (χ1n) is 16.6. The van der Waals surface area contributed by atoms with E-state index in [1.54, 1.807) is 0 Å². The smallest absolute Gasteiger partial charge is 0.205 e. The molecule has 1 aliphatic rings. The van der Waals surface area contributed by atoms with Crippen LogP contribution < -0.4 is 4.90 Å². The molecule has 49 heavy (non-hydrogen) atoms. The Morgan fingerprint density at radius 3 is 1.88 bits per heavy atom. The lowest BCUT2D eigenvalue weighted by Crippen LogP contribution is -2.16. The van der Waals surface area contributed by atoms with E-state index in [4.69, 9.17) is 0 Å². The number of aromatic nitrogens is 3. The molecule has 0 saturated carbocycles. The van der Waals surface area contributed by atoms with Gasteiger partial charge in [0, 0.05) is 38.8 Å². The third-order valence-corrected chi connectivity index (χ3v) is 9.70. The van der Waals surface area contributed by atoms with Crippen molar-refractivity contribution >= 4 is 38.9 Å². The van der Waals surface area contributed by atoms with Crippen molar-refractivity contribution in [1.29, 1.82) is 0 Å². The molecule has 0 aliphatic heterocycles. The molecule has 2 aromatic heterocycles. The average molecular weight is 629 g/mol. The first-order valence-corrected chi connectivity index (χ1v) is 16.6. The van der Waals surface area contributed by atoms with Crippen LogP contribution in [0.1, 0.15) is 36.4 Å². The number of hydrogen-bond acceptors (Lipinski definition) is 3.